The molecule has 2 aliphatic rings. The first-order chi connectivity index (χ1) is 13.2. The van der Waals surface area contributed by atoms with Crippen LogP contribution in [-0.4, -0.2) is 29.2 Å². The summed E-state index contributed by atoms with van der Waals surface area (Å²) in [4.78, 5) is 27.2. The molecule has 1 amide bonds. The number of nitrogens with zero attached hydrogens (tertiary/aromatic N) is 2. The van der Waals surface area contributed by atoms with Crippen LogP contribution >= 0.6 is 22.7 Å². The van der Waals surface area contributed by atoms with Crippen molar-refractivity contribution in [1.29, 1.82) is 0 Å². The minimum Gasteiger partial charge on any atom is -0.455 e. The molecule has 0 spiro atoms. The molecule has 3 heterocycles. The Hall–Kier alpha value is -1.99. The van der Waals surface area contributed by atoms with Crippen LogP contribution in [0, 0.1) is 5.92 Å². The third-order valence-corrected chi connectivity index (χ3v) is 7.01. The van der Waals surface area contributed by atoms with Gasteiger partial charge in [0, 0.05) is 11.3 Å². The fourth-order valence-corrected chi connectivity index (χ4v) is 5.22. The van der Waals surface area contributed by atoms with Crippen LogP contribution in [0.3, 0.4) is 0 Å². The van der Waals surface area contributed by atoms with Gasteiger partial charge in [-0.2, -0.15) is 5.10 Å². The summed E-state index contributed by atoms with van der Waals surface area (Å²) >= 11 is 3.24. The highest BCUT2D eigenvalue weighted by atomic mass is 32.1. The van der Waals surface area contributed by atoms with E-state index in [0.717, 1.165) is 41.1 Å². The summed E-state index contributed by atoms with van der Waals surface area (Å²) in [5.41, 5.74) is 0.912. The van der Waals surface area contributed by atoms with Crippen molar-refractivity contribution in [3.8, 4) is 0 Å². The number of esters is 1. The van der Waals surface area contributed by atoms with Crippen LogP contribution in [0.5, 0.6) is 0 Å². The Morgan fingerprint density at radius 2 is 1.89 bits per heavy atom. The zero-order valence-electron chi connectivity index (χ0n) is 15.0. The Morgan fingerprint density at radius 3 is 2.59 bits per heavy atom. The topological polar surface area (TPSA) is 59.0 Å². The molecule has 0 unspecified atom stereocenters. The highest BCUT2D eigenvalue weighted by molar-refractivity contribution is 7.12. The van der Waals surface area contributed by atoms with Gasteiger partial charge in [-0.25, -0.2) is 5.01 Å². The van der Waals surface area contributed by atoms with Crippen LogP contribution in [0.1, 0.15) is 54.3 Å². The summed E-state index contributed by atoms with van der Waals surface area (Å²) in [6.45, 7) is -0.238. The van der Waals surface area contributed by atoms with Gasteiger partial charge in [0.1, 0.15) is 0 Å². The minimum absolute atomic E-state index is 0.0524. The van der Waals surface area contributed by atoms with Crippen LogP contribution in [0.2, 0.25) is 0 Å². The van der Waals surface area contributed by atoms with E-state index >= 15 is 0 Å². The first kappa shape index (κ1) is 18.4. The van der Waals surface area contributed by atoms with Gasteiger partial charge in [-0.05, 0) is 35.7 Å². The Balaban J connectivity index is 1.44. The Kier molecular flexibility index (Phi) is 5.69. The average Bonchev–Trinajstić information content (AvgIpc) is 3.46. The Labute approximate surface area is 166 Å². The molecule has 1 fully saturated rings. The van der Waals surface area contributed by atoms with Crippen molar-refractivity contribution in [3.05, 3.63) is 44.8 Å². The SMILES string of the molecule is O=C(OCC(=O)N1N=C(c2cccs2)C[C@@H]1c1cccs1)C1CCCCC1. The first-order valence-electron chi connectivity index (χ1n) is 9.36. The van der Waals surface area contributed by atoms with Crippen molar-refractivity contribution < 1.29 is 14.3 Å². The van der Waals surface area contributed by atoms with E-state index in [0.29, 0.717) is 6.42 Å². The molecular weight excluding hydrogens is 380 g/mol. The summed E-state index contributed by atoms with van der Waals surface area (Å²) in [5, 5.41) is 10.1. The number of hydrazone groups is 1. The molecule has 27 heavy (non-hydrogen) atoms. The molecule has 0 saturated heterocycles. The molecule has 1 aliphatic heterocycles. The molecule has 2 aromatic heterocycles. The fraction of sp³-hybridized carbons (Fsp3) is 0.450. The maximum atomic E-state index is 12.8. The van der Waals surface area contributed by atoms with E-state index < -0.39 is 0 Å². The molecule has 5 nitrogen and oxygen atoms in total. The van der Waals surface area contributed by atoms with Crippen molar-refractivity contribution in [1.82, 2.24) is 5.01 Å². The molecule has 0 radical (unpaired) electrons. The molecule has 0 aromatic carbocycles. The van der Waals surface area contributed by atoms with Crippen molar-refractivity contribution >= 4 is 40.3 Å². The van der Waals surface area contributed by atoms with Gasteiger partial charge in [0.05, 0.1) is 22.5 Å². The third kappa shape index (κ3) is 4.14. The van der Waals surface area contributed by atoms with Crippen molar-refractivity contribution in [2.75, 3.05) is 6.61 Å². The van der Waals surface area contributed by atoms with E-state index in [9.17, 15) is 9.59 Å². The summed E-state index contributed by atoms with van der Waals surface area (Å²) in [6, 6.07) is 7.89. The largest absolute Gasteiger partial charge is 0.455 e. The lowest BCUT2D eigenvalue weighted by Gasteiger charge is -2.22. The van der Waals surface area contributed by atoms with E-state index in [1.807, 2.05) is 35.0 Å². The van der Waals surface area contributed by atoms with Crippen molar-refractivity contribution in [2.45, 2.75) is 44.6 Å². The van der Waals surface area contributed by atoms with Gasteiger partial charge in [-0.3, -0.25) is 9.59 Å². The maximum Gasteiger partial charge on any atom is 0.309 e. The lowest BCUT2D eigenvalue weighted by molar-refractivity contribution is -0.157. The lowest BCUT2D eigenvalue weighted by Crippen LogP contribution is -2.32. The molecule has 0 N–H and O–H groups in total. The summed E-state index contributed by atoms with van der Waals surface area (Å²) in [5.74, 6) is -0.551. The van der Waals surface area contributed by atoms with Gasteiger partial charge < -0.3 is 4.74 Å². The first-order valence-corrected chi connectivity index (χ1v) is 11.1. The van der Waals surface area contributed by atoms with Gasteiger partial charge in [0.2, 0.25) is 0 Å². The molecular formula is C20H22N2O3S2. The van der Waals surface area contributed by atoms with E-state index in [1.54, 1.807) is 22.7 Å². The zero-order valence-corrected chi connectivity index (χ0v) is 16.6. The fourth-order valence-electron chi connectivity index (χ4n) is 3.69. The number of hydrogen-bond acceptors (Lipinski definition) is 6. The number of amides is 1. The number of rotatable bonds is 5. The van der Waals surface area contributed by atoms with Crippen molar-refractivity contribution in [2.24, 2.45) is 11.0 Å². The lowest BCUT2D eigenvalue weighted by atomic mass is 9.89. The predicted octanol–water partition coefficient (Wildman–Crippen LogP) is 4.61. The molecule has 2 aromatic rings. The van der Waals surface area contributed by atoms with Crippen LogP contribution in [0.15, 0.2) is 40.1 Å². The zero-order chi connectivity index (χ0) is 18.6. The van der Waals surface area contributed by atoms with Crippen LogP contribution in [-0.2, 0) is 14.3 Å². The number of thiophene rings is 2. The van der Waals surface area contributed by atoms with Crippen LogP contribution in [0.4, 0.5) is 0 Å². The second kappa shape index (κ2) is 8.35. The Morgan fingerprint density at radius 1 is 1.11 bits per heavy atom. The summed E-state index contributed by atoms with van der Waals surface area (Å²) in [7, 11) is 0. The van der Waals surface area contributed by atoms with Crippen LogP contribution in [0.25, 0.3) is 0 Å². The van der Waals surface area contributed by atoms with Gasteiger partial charge in [0.15, 0.2) is 6.61 Å². The minimum atomic E-state index is -0.260. The molecule has 4 rings (SSSR count). The predicted molar refractivity (Wildman–Crippen MR) is 107 cm³/mol. The molecule has 7 heteroatoms. The maximum absolute atomic E-state index is 12.8. The standard InChI is InChI=1S/C20H22N2O3S2/c23-19(13-25-20(24)14-6-2-1-3-7-14)22-16(18-9-5-11-27-18)12-15(21-22)17-8-4-10-26-17/h4-5,8-11,14,16H,1-3,6-7,12-13H2/t16-/m1/s1. The molecule has 0 bridgehead atoms. The normalized spacial score (nSPS) is 20.5. The second-order valence-corrected chi connectivity index (χ2v) is 8.87. The van der Waals surface area contributed by atoms with E-state index in [1.165, 1.54) is 11.4 Å². The van der Waals surface area contributed by atoms with Gasteiger partial charge in [-0.15, -0.1) is 22.7 Å². The van der Waals surface area contributed by atoms with Gasteiger partial charge >= 0.3 is 5.97 Å². The quantitative estimate of drug-likeness (QED) is 0.686. The van der Waals surface area contributed by atoms with E-state index in [2.05, 4.69) is 5.10 Å². The average molecular weight is 403 g/mol. The monoisotopic (exact) mass is 402 g/mol. The molecule has 1 saturated carbocycles. The third-order valence-electron chi connectivity index (χ3n) is 5.12. The van der Waals surface area contributed by atoms with Crippen LogP contribution < -0.4 is 0 Å². The van der Waals surface area contributed by atoms with Gasteiger partial charge in [0.25, 0.3) is 5.91 Å². The van der Waals surface area contributed by atoms with E-state index in [-0.39, 0.29) is 30.4 Å². The smallest absolute Gasteiger partial charge is 0.309 e. The summed E-state index contributed by atoms with van der Waals surface area (Å²) in [6.07, 6.45) is 5.73. The highest BCUT2D eigenvalue weighted by Crippen LogP contribution is 2.36. The van der Waals surface area contributed by atoms with E-state index in [4.69, 9.17) is 4.74 Å². The molecule has 1 aliphatic carbocycles. The number of ether oxygens (including phenoxy) is 1. The summed E-state index contributed by atoms with van der Waals surface area (Å²) < 4.78 is 5.35. The number of hydrogen-bond donors (Lipinski definition) is 0. The Bertz CT molecular complexity index is 808. The molecule has 142 valence electrons. The highest BCUT2D eigenvalue weighted by Gasteiger charge is 2.34. The molecule has 1 atom stereocenters. The number of carbonyl (C=O) groups excluding carboxylic acids is 2. The second-order valence-electron chi connectivity index (χ2n) is 6.94. The van der Waals surface area contributed by atoms with Gasteiger partial charge in [-0.1, -0.05) is 31.4 Å². The number of carbonyl (C=O) groups is 2. The van der Waals surface area contributed by atoms with Crippen molar-refractivity contribution in [3.63, 3.8) is 0 Å².